The van der Waals surface area contributed by atoms with Gasteiger partial charge in [0.2, 0.25) is 0 Å². The van der Waals surface area contributed by atoms with Crippen molar-refractivity contribution in [2.24, 2.45) is 5.10 Å². The number of nitrogens with one attached hydrogen (secondary N) is 2. The van der Waals surface area contributed by atoms with Crippen molar-refractivity contribution in [3.05, 3.63) is 143 Å². The zero-order valence-electron chi connectivity index (χ0n) is 23.0. The Balaban J connectivity index is 1.38. The summed E-state index contributed by atoms with van der Waals surface area (Å²) in [6, 6.07) is 34.8. The molecule has 0 spiro atoms. The van der Waals surface area contributed by atoms with Gasteiger partial charge in [-0.3, -0.25) is 9.59 Å². The Morgan fingerprint density at radius 1 is 0.829 bits per heavy atom. The number of hydrogen-bond acceptors (Lipinski definition) is 4. The molecule has 2 N–H and O–H groups in total. The van der Waals surface area contributed by atoms with Crippen molar-refractivity contribution in [1.29, 1.82) is 0 Å². The van der Waals surface area contributed by atoms with Gasteiger partial charge in [0.1, 0.15) is 5.70 Å². The summed E-state index contributed by atoms with van der Waals surface area (Å²) in [4.78, 5) is 28.2. The third-order valence-corrected chi connectivity index (χ3v) is 6.63. The summed E-state index contributed by atoms with van der Waals surface area (Å²) in [5.41, 5.74) is 8.04. The smallest absolute Gasteiger partial charge is 0.287 e. The number of fused-ring (bicyclic) bond motifs is 1. The van der Waals surface area contributed by atoms with E-state index in [1.807, 2.05) is 91.9 Å². The van der Waals surface area contributed by atoms with Gasteiger partial charge in [0, 0.05) is 54.6 Å². The highest BCUT2D eigenvalue weighted by atomic mass is 16.2. The van der Waals surface area contributed by atoms with Crippen LogP contribution in [0.15, 0.2) is 126 Å². The zero-order chi connectivity index (χ0) is 28.6. The third kappa shape index (κ3) is 6.78. The molecular formula is C34H31N5O2. The molecule has 0 fully saturated rings. The van der Waals surface area contributed by atoms with Crippen molar-refractivity contribution in [2.45, 2.75) is 6.54 Å². The van der Waals surface area contributed by atoms with Gasteiger partial charge in [0.15, 0.2) is 0 Å². The predicted octanol–water partition coefficient (Wildman–Crippen LogP) is 5.68. The monoisotopic (exact) mass is 541 g/mol. The van der Waals surface area contributed by atoms with E-state index in [2.05, 4.69) is 38.6 Å². The fraction of sp³-hybridized carbons (Fsp3) is 0.0882. The molecule has 5 rings (SSSR count). The van der Waals surface area contributed by atoms with Crippen LogP contribution in [0.1, 0.15) is 27.0 Å². The van der Waals surface area contributed by atoms with Gasteiger partial charge in [0.25, 0.3) is 11.8 Å². The first-order chi connectivity index (χ1) is 20.0. The van der Waals surface area contributed by atoms with Gasteiger partial charge in [0.05, 0.1) is 6.21 Å². The van der Waals surface area contributed by atoms with Crippen molar-refractivity contribution in [3.8, 4) is 0 Å². The van der Waals surface area contributed by atoms with E-state index in [1.165, 1.54) is 5.56 Å². The van der Waals surface area contributed by atoms with Gasteiger partial charge in [-0.1, -0.05) is 78.9 Å². The maximum absolute atomic E-state index is 13.3. The van der Waals surface area contributed by atoms with E-state index in [0.29, 0.717) is 12.1 Å². The fourth-order valence-corrected chi connectivity index (χ4v) is 4.49. The number of para-hydroxylation sites is 1. The Morgan fingerprint density at radius 3 is 2.20 bits per heavy atom. The predicted molar refractivity (Wildman–Crippen MR) is 166 cm³/mol. The van der Waals surface area contributed by atoms with Gasteiger partial charge in [-0.2, -0.15) is 5.10 Å². The quantitative estimate of drug-likeness (QED) is 0.143. The molecule has 0 aliphatic rings. The number of aromatic nitrogens is 1. The summed E-state index contributed by atoms with van der Waals surface area (Å²) >= 11 is 0. The SMILES string of the molecule is CN(C)c1ccc(/C=C(/NC(=O)c2ccccc2)C(=O)N/N=C\c2cn(Cc3ccccc3)c3ccccc23)cc1. The largest absolute Gasteiger partial charge is 0.378 e. The molecule has 204 valence electrons. The maximum atomic E-state index is 13.3. The lowest BCUT2D eigenvalue weighted by Crippen LogP contribution is -2.32. The molecule has 0 saturated carbocycles. The van der Waals surface area contributed by atoms with Gasteiger partial charge in [-0.25, -0.2) is 5.43 Å². The number of carbonyl (C=O) groups excluding carboxylic acids is 2. The minimum Gasteiger partial charge on any atom is -0.378 e. The van der Waals surface area contributed by atoms with E-state index < -0.39 is 5.91 Å². The number of hydrazone groups is 1. The fourth-order valence-electron chi connectivity index (χ4n) is 4.49. The Hall–Kier alpha value is -5.43. The molecule has 2 amide bonds. The summed E-state index contributed by atoms with van der Waals surface area (Å²) < 4.78 is 2.16. The molecule has 1 aromatic heterocycles. The standard InChI is InChI=1S/C34H31N5O2/c1-38(2)29-19-17-25(18-20-29)21-31(36-33(40)27-13-7-4-8-14-27)34(41)37-35-22-28-24-39(23-26-11-5-3-6-12-26)32-16-10-9-15-30(28)32/h3-22,24H,23H2,1-2H3,(H,36,40)(H,37,41)/b31-21+,35-22-. The number of nitrogens with zero attached hydrogens (tertiary/aromatic N) is 3. The minimum atomic E-state index is -0.532. The first-order valence-electron chi connectivity index (χ1n) is 13.3. The van der Waals surface area contributed by atoms with Crippen LogP contribution >= 0.6 is 0 Å². The van der Waals surface area contributed by atoms with Crippen molar-refractivity contribution >= 4 is 40.7 Å². The van der Waals surface area contributed by atoms with Gasteiger partial charge >= 0.3 is 0 Å². The lowest BCUT2D eigenvalue weighted by molar-refractivity contribution is -0.117. The second-order valence-corrected chi connectivity index (χ2v) is 9.78. The normalized spacial score (nSPS) is 11.5. The Morgan fingerprint density at radius 2 is 1.49 bits per heavy atom. The van der Waals surface area contributed by atoms with Gasteiger partial charge in [-0.15, -0.1) is 0 Å². The molecule has 7 nitrogen and oxygen atoms in total. The highest BCUT2D eigenvalue weighted by Gasteiger charge is 2.15. The van der Waals surface area contributed by atoms with Crippen LogP contribution in [0.4, 0.5) is 5.69 Å². The van der Waals surface area contributed by atoms with Crippen LogP contribution < -0.4 is 15.6 Å². The van der Waals surface area contributed by atoms with Crippen LogP contribution in [0.3, 0.4) is 0 Å². The molecule has 0 bridgehead atoms. The molecule has 41 heavy (non-hydrogen) atoms. The van der Waals surface area contributed by atoms with E-state index in [4.69, 9.17) is 0 Å². The number of hydrogen-bond donors (Lipinski definition) is 2. The maximum Gasteiger partial charge on any atom is 0.287 e. The Kier molecular flexibility index (Phi) is 8.35. The van der Waals surface area contributed by atoms with Crippen molar-refractivity contribution in [1.82, 2.24) is 15.3 Å². The van der Waals surface area contributed by atoms with Crippen LogP contribution in [0, 0.1) is 0 Å². The van der Waals surface area contributed by atoms with Crippen LogP contribution in [-0.4, -0.2) is 36.7 Å². The first kappa shape index (κ1) is 27.1. The van der Waals surface area contributed by atoms with E-state index in [0.717, 1.165) is 27.7 Å². The number of carbonyl (C=O) groups is 2. The molecule has 0 radical (unpaired) electrons. The summed E-state index contributed by atoms with van der Waals surface area (Å²) in [7, 11) is 3.92. The van der Waals surface area contributed by atoms with Crippen LogP contribution in [0.25, 0.3) is 17.0 Å². The summed E-state index contributed by atoms with van der Waals surface area (Å²) in [5.74, 6) is -0.917. The molecule has 0 aliphatic heterocycles. The Labute approximate surface area is 239 Å². The van der Waals surface area contributed by atoms with Gasteiger partial charge < -0.3 is 14.8 Å². The van der Waals surface area contributed by atoms with E-state index in [-0.39, 0.29) is 11.6 Å². The summed E-state index contributed by atoms with van der Waals surface area (Å²) in [6.45, 7) is 0.715. The average Bonchev–Trinajstić information content (AvgIpc) is 3.35. The average molecular weight is 542 g/mol. The highest BCUT2D eigenvalue weighted by molar-refractivity contribution is 6.06. The molecule has 5 aromatic rings. The van der Waals surface area contributed by atoms with Crippen molar-refractivity contribution in [3.63, 3.8) is 0 Å². The summed E-state index contributed by atoms with van der Waals surface area (Å²) in [5, 5.41) is 8.03. The molecule has 1 heterocycles. The first-order valence-corrected chi connectivity index (χ1v) is 13.3. The molecule has 0 atom stereocenters. The molecule has 4 aromatic carbocycles. The molecule has 0 aliphatic carbocycles. The number of benzene rings is 4. The van der Waals surface area contributed by atoms with E-state index in [1.54, 1.807) is 36.6 Å². The topological polar surface area (TPSA) is 78.7 Å². The van der Waals surface area contributed by atoms with Crippen molar-refractivity contribution in [2.75, 3.05) is 19.0 Å². The highest BCUT2D eigenvalue weighted by Crippen LogP contribution is 2.21. The molecule has 0 unspecified atom stereocenters. The second-order valence-electron chi connectivity index (χ2n) is 9.78. The number of anilines is 1. The van der Waals surface area contributed by atoms with E-state index in [9.17, 15) is 9.59 Å². The lowest BCUT2D eigenvalue weighted by Gasteiger charge is -2.12. The van der Waals surface area contributed by atoms with Gasteiger partial charge in [-0.05, 0) is 47.5 Å². The van der Waals surface area contributed by atoms with Crippen LogP contribution in [-0.2, 0) is 11.3 Å². The second kappa shape index (κ2) is 12.6. The summed E-state index contributed by atoms with van der Waals surface area (Å²) in [6.07, 6.45) is 5.29. The number of amides is 2. The van der Waals surface area contributed by atoms with Crippen LogP contribution in [0.5, 0.6) is 0 Å². The minimum absolute atomic E-state index is 0.0834. The number of rotatable bonds is 9. The lowest BCUT2D eigenvalue weighted by atomic mass is 10.1. The molecule has 7 heteroatoms. The van der Waals surface area contributed by atoms with Crippen molar-refractivity contribution < 1.29 is 9.59 Å². The zero-order valence-corrected chi connectivity index (χ0v) is 23.0. The van der Waals surface area contributed by atoms with Crippen LogP contribution in [0.2, 0.25) is 0 Å². The Bertz CT molecular complexity index is 1700. The van der Waals surface area contributed by atoms with E-state index >= 15 is 0 Å². The molecule has 0 saturated heterocycles. The molecular weight excluding hydrogens is 510 g/mol. The third-order valence-electron chi connectivity index (χ3n) is 6.63.